The number of hydrogen-bond donors (Lipinski definition) is 0. The number of nitrogens with zero attached hydrogens (tertiary/aromatic N) is 4. The third-order valence-corrected chi connectivity index (χ3v) is 6.35. The second-order valence-electron chi connectivity index (χ2n) is 8.23. The van der Waals surface area contributed by atoms with Gasteiger partial charge in [-0.25, -0.2) is 24.3 Å². The van der Waals surface area contributed by atoms with E-state index >= 15 is 0 Å². The van der Waals surface area contributed by atoms with Crippen molar-refractivity contribution in [1.29, 1.82) is 0 Å². The molecule has 2 saturated heterocycles. The molecule has 0 saturated carbocycles. The van der Waals surface area contributed by atoms with Crippen molar-refractivity contribution < 1.29 is 33.4 Å². The van der Waals surface area contributed by atoms with E-state index in [1.165, 1.54) is 11.8 Å². The van der Waals surface area contributed by atoms with E-state index in [2.05, 4.69) is 4.98 Å². The van der Waals surface area contributed by atoms with Crippen molar-refractivity contribution in [1.82, 2.24) is 9.88 Å². The van der Waals surface area contributed by atoms with Crippen LogP contribution in [-0.2, 0) is 25.4 Å². The standard InChI is InChI=1S/C23H21ClN4O7/c1-13(29)27(22(31)34-12-24)11-19-18-9-16-8-14(2-4-17(16)28(18)23(32)35-19)15-3-5-20(25-10-15)26-6-7-33-21(26)30/h2-5,8,10,18-19H,6-7,9,11-12H2,1H3/t18-,19-/m0/s1. The van der Waals surface area contributed by atoms with Crippen molar-refractivity contribution in [3.63, 3.8) is 0 Å². The highest BCUT2D eigenvalue weighted by atomic mass is 35.5. The molecule has 182 valence electrons. The van der Waals surface area contributed by atoms with E-state index in [-0.39, 0.29) is 12.6 Å². The molecule has 2 fully saturated rings. The minimum absolute atomic E-state index is 0.136. The summed E-state index contributed by atoms with van der Waals surface area (Å²) in [5, 5.41) is 0. The van der Waals surface area contributed by atoms with Gasteiger partial charge in [0.05, 0.1) is 24.8 Å². The number of carbonyl (C=O) groups excluding carboxylic acids is 4. The number of amides is 4. The number of aromatic nitrogens is 1. The topological polar surface area (TPSA) is 119 Å². The van der Waals surface area contributed by atoms with Crippen LogP contribution in [0.3, 0.4) is 0 Å². The smallest absolute Gasteiger partial charge is 0.417 e. The van der Waals surface area contributed by atoms with Crippen LogP contribution in [0.4, 0.5) is 25.9 Å². The van der Waals surface area contributed by atoms with Gasteiger partial charge in [-0.3, -0.25) is 14.6 Å². The lowest BCUT2D eigenvalue weighted by molar-refractivity contribution is -0.128. The highest BCUT2D eigenvalue weighted by molar-refractivity contribution is 6.17. The summed E-state index contributed by atoms with van der Waals surface area (Å²) in [5.74, 6) is -0.0167. The summed E-state index contributed by atoms with van der Waals surface area (Å²) < 4.78 is 15.2. The van der Waals surface area contributed by atoms with Gasteiger partial charge in [-0.1, -0.05) is 17.7 Å². The van der Waals surface area contributed by atoms with Crippen molar-refractivity contribution >= 4 is 47.3 Å². The number of hydrogen-bond acceptors (Lipinski definition) is 8. The Morgan fingerprint density at radius 1 is 1.20 bits per heavy atom. The largest absolute Gasteiger partial charge is 0.447 e. The first-order valence-electron chi connectivity index (χ1n) is 10.9. The van der Waals surface area contributed by atoms with Gasteiger partial charge in [-0.15, -0.1) is 0 Å². The minimum Gasteiger partial charge on any atom is -0.447 e. The molecule has 4 heterocycles. The molecule has 2 aromatic rings. The molecule has 3 aliphatic heterocycles. The molecule has 3 aliphatic rings. The number of imide groups is 1. The lowest BCUT2D eigenvalue weighted by Crippen LogP contribution is -2.45. The van der Waals surface area contributed by atoms with Crippen LogP contribution < -0.4 is 9.80 Å². The van der Waals surface area contributed by atoms with Crippen LogP contribution >= 0.6 is 11.6 Å². The number of halogens is 1. The lowest BCUT2D eigenvalue weighted by atomic mass is 10.0. The molecule has 0 unspecified atom stereocenters. The van der Waals surface area contributed by atoms with Crippen molar-refractivity contribution in [3.8, 4) is 11.1 Å². The summed E-state index contributed by atoms with van der Waals surface area (Å²) in [4.78, 5) is 56.7. The molecule has 2 atom stereocenters. The maximum absolute atomic E-state index is 12.6. The first kappa shape index (κ1) is 22.9. The van der Waals surface area contributed by atoms with E-state index in [0.29, 0.717) is 31.1 Å². The van der Waals surface area contributed by atoms with Crippen LogP contribution in [-0.4, -0.2) is 72.0 Å². The fourth-order valence-electron chi connectivity index (χ4n) is 4.57. The van der Waals surface area contributed by atoms with Gasteiger partial charge >= 0.3 is 18.3 Å². The quantitative estimate of drug-likeness (QED) is 0.454. The molecule has 0 spiro atoms. The summed E-state index contributed by atoms with van der Waals surface area (Å²) in [6.07, 6.45) is -0.387. The fraction of sp³-hybridized carbons (Fsp3) is 0.348. The maximum atomic E-state index is 12.6. The molecule has 0 bridgehead atoms. The molecule has 4 amide bonds. The van der Waals surface area contributed by atoms with Crippen LogP contribution in [0.15, 0.2) is 36.5 Å². The zero-order valence-corrected chi connectivity index (χ0v) is 19.4. The SMILES string of the molecule is CC(=O)N(C[C@@H]1OC(=O)N2c3ccc(-c4ccc(N5CCOC5=O)nc4)cc3C[C@@H]12)C(=O)OCCl. The minimum atomic E-state index is -0.891. The monoisotopic (exact) mass is 500 g/mol. The molecule has 5 rings (SSSR count). The van der Waals surface area contributed by atoms with E-state index in [0.717, 1.165) is 21.6 Å². The molecular formula is C23H21ClN4O7. The zero-order valence-electron chi connectivity index (χ0n) is 18.7. The number of fused-ring (bicyclic) bond motifs is 3. The van der Waals surface area contributed by atoms with E-state index in [1.54, 1.807) is 17.2 Å². The summed E-state index contributed by atoms with van der Waals surface area (Å²) >= 11 is 5.45. The van der Waals surface area contributed by atoms with Crippen LogP contribution in [0, 0.1) is 0 Å². The molecule has 1 aromatic heterocycles. The average molecular weight is 501 g/mol. The second kappa shape index (κ2) is 9.06. The van der Waals surface area contributed by atoms with Crippen LogP contribution in [0.25, 0.3) is 11.1 Å². The third kappa shape index (κ3) is 4.12. The fourth-order valence-corrected chi connectivity index (χ4v) is 4.66. The Kier molecular flexibility index (Phi) is 5.93. The molecule has 35 heavy (non-hydrogen) atoms. The number of ether oxygens (including phenoxy) is 3. The van der Waals surface area contributed by atoms with Gasteiger partial charge in [0.25, 0.3) is 0 Å². The van der Waals surface area contributed by atoms with Crippen molar-refractivity contribution in [2.75, 3.05) is 35.6 Å². The molecule has 0 radical (unpaired) electrons. The summed E-state index contributed by atoms with van der Waals surface area (Å²) in [6, 6.07) is 8.55. The number of benzene rings is 1. The number of alkyl halides is 1. The highest BCUT2D eigenvalue weighted by Gasteiger charge is 2.48. The number of cyclic esters (lactones) is 2. The van der Waals surface area contributed by atoms with E-state index in [1.807, 2.05) is 24.3 Å². The molecule has 11 nitrogen and oxygen atoms in total. The van der Waals surface area contributed by atoms with Crippen molar-refractivity contribution in [2.24, 2.45) is 0 Å². The number of anilines is 2. The van der Waals surface area contributed by atoms with E-state index < -0.39 is 36.4 Å². The Labute approximate surface area is 205 Å². The molecule has 0 aliphatic carbocycles. The third-order valence-electron chi connectivity index (χ3n) is 6.24. The Morgan fingerprint density at radius 2 is 2.00 bits per heavy atom. The molecule has 12 heteroatoms. The number of carbonyl (C=O) groups is 4. The summed E-state index contributed by atoms with van der Waals surface area (Å²) in [5.41, 5.74) is 3.39. The van der Waals surface area contributed by atoms with Gasteiger partial charge in [-0.05, 0) is 41.8 Å². The Bertz CT molecular complexity index is 1200. The Balaban J connectivity index is 1.34. The molecule has 1 aromatic carbocycles. The predicted molar refractivity (Wildman–Crippen MR) is 123 cm³/mol. The van der Waals surface area contributed by atoms with Gasteiger partial charge in [0.1, 0.15) is 18.5 Å². The number of rotatable bonds is 5. The van der Waals surface area contributed by atoms with E-state index in [4.69, 9.17) is 25.8 Å². The first-order valence-corrected chi connectivity index (χ1v) is 11.4. The summed E-state index contributed by atoms with van der Waals surface area (Å²) in [6.45, 7) is 1.89. The van der Waals surface area contributed by atoms with Crippen LogP contribution in [0.2, 0.25) is 0 Å². The predicted octanol–water partition coefficient (Wildman–Crippen LogP) is 3.14. The normalized spacial score (nSPS) is 20.3. The van der Waals surface area contributed by atoms with Gasteiger partial charge in [0.2, 0.25) is 5.91 Å². The van der Waals surface area contributed by atoms with Gasteiger partial charge in [-0.2, -0.15) is 0 Å². The molecule has 0 N–H and O–H groups in total. The second-order valence-corrected chi connectivity index (χ2v) is 8.45. The molecular weight excluding hydrogens is 480 g/mol. The van der Waals surface area contributed by atoms with Gasteiger partial charge in [0, 0.05) is 18.7 Å². The van der Waals surface area contributed by atoms with Crippen LogP contribution in [0.1, 0.15) is 12.5 Å². The summed E-state index contributed by atoms with van der Waals surface area (Å²) in [7, 11) is 0. The first-order chi connectivity index (χ1) is 16.9. The highest BCUT2D eigenvalue weighted by Crippen LogP contribution is 2.41. The van der Waals surface area contributed by atoms with E-state index in [9.17, 15) is 19.2 Å². The van der Waals surface area contributed by atoms with Crippen molar-refractivity contribution in [2.45, 2.75) is 25.5 Å². The number of pyridine rings is 1. The zero-order chi connectivity index (χ0) is 24.7. The lowest BCUT2D eigenvalue weighted by Gasteiger charge is -2.23. The maximum Gasteiger partial charge on any atom is 0.417 e. The van der Waals surface area contributed by atoms with Gasteiger partial charge in [0.15, 0.2) is 6.07 Å². The van der Waals surface area contributed by atoms with Gasteiger partial charge < -0.3 is 14.2 Å². The van der Waals surface area contributed by atoms with Crippen LogP contribution in [0.5, 0.6) is 0 Å². The Morgan fingerprint density at radius 3 is 2.66 bits per heavy atom. The average Bonchev–Trinajstić information content (AvgIpc) is 3.52. The van der Waals surface area contributed by atoms with Crippen molar-refractivity contribution in [3.05, 3.63) is 42.1 Å². The Hall–Kier alpha value is -3.86.